The van der Waals surface area contributed by atoms with Crippen molar-refractivity contribution in [3.63, 3.8) is 0 Å². The highest BCUT2D eigenvalue weighted by atomic mass is 16.5. The Bertz CT molecular complexity index is 1270. The van der Waals surface area contributed by atoms with Crippen LogP contribution in [0.4, 0.5) is 0 Å². The van der Waals surface area contributed by atoms with Crippen LogP contribution in [0.5, 0.6) is 0 Å². The van der Waals surface area contributed by atoms with Gasteiger partial charge in [-0.25, -0.2) is 9.97 Å². The number of aryl methyl sites for hydroxylation is 1. The Morgan fingerprint density at radius 3 is 3.00 bits per heavy atom. The van der Waals surface area contributed by atoms with Crippen LogP contribution in [-0.4, -0.2) is 34.1 Å². The van der Waals surface area contributed by atoms with Gasteiger partial charge in [-0.2, -0.15) is 14.6 Å². The lowest BCUT2D eigenvalue weighted by Gasteiger charge is -2.06. The van der Waals surface area contributed by atoms with E-state index in [2.05, 4.69) is 50.3 Å². The SMILES string of the molecule is Cc1ccc2c(c1)c1ncnn1c1c(-c3noc(C4CC4)n3)ncn21. The van der Waals surface area contributed by atoms with Crippen LogP contribution in [0.2, 0.25) is 0 Å². The maximum absolute atomic E-state index is 5.40. The van der Waals surface area contributed by atoms with Crippen LogP contribution in [0.25, 0.3) is 33.7 Å². The molecule has 5 aromatic rings. The molecule has 8 heteroatoms. The van der Waals surface area contributed by atoms with Crippen molar-refractivity contribution in [2.75, 3.05) is 0 Å². The first-order valence-corrected chi connectivity index (χ1v) is 8.23. The molecule has 4 heterocycles. The molecule has 0 atom stereocenters. The molecular weight excluding hydrogens is 318 g/mol. The van der Waals surface area contributed by atoms with E-state index in [-0.39, 0.29) is 0 Å². The zero-order chi connectivity index (χ0) is 16.5. The second-order valence-corrected chi connectivity index (χ2v) is 6.53. The van der Waals surface area contributed by atoms with Crippen LogP contribution in [0.15, 0.2) is 35.4 Å². The molecule has 6 rings (SSSR count). The fourth-order valence-electron chi connectivity index (χ4n) is 3.33. The van der Waals surface area contributed by atoms with Crippen molar-refractivity contribution in [2.24, 2.45) is 0 Å². The fourth-order valence-corrected chi connectivity index (χ4v) is 3.33. The lowest BCUT2D eigenvalue weighted by molar-refractivity contribution is 0.380. The summed E-state index contributed by atoms with van der Waals surface area (Å²) in [5.74, 6) is 1.60. The van der Waals surface area contributed by atoms with Gasteiger partial charge >= 0.3 is 0 Å². The largest absolute Gasteiger partial charge is 0.339 e. The molecule has 0 amide bonds. The Morgan fingerprint density at radius 1 is 1.20 bits per heavy atom. The molecule has 1 aliphatic rings. The van der Waals surface area contributed by atoms with Gasteiger partial charge in [-0.15, -0.1) is 0 Å². The Hall–Kier alpha value is -3.29. The number of benzene rings is 1. The van der Waals surface area contributed by atoms with Gasteiger partial charge in [-0.3, -0.25) is 4.40 Å². The average Bonchev–Trinajstić information content (AvgIpc) is 3.04. The van der Waals surface area contributed by atoms with Crippen molar-refractivity contribution in [3.8, 4) is 11.5 Å². The molecular formula is C17H13N7O. The summed E-state index contributed by atoms with van der Waals surface area (Å²) in [7, 11) is 0. The Morgan fingerprint density at radius 2 is 2.12 bits per heavy atom. The summed E-state index contributed by atoms with van der Waals surface area (Å²) in [4.78, 5) is 13.5. The van der Waals surface area contributed by atoms with E-state index in [1.807, 2.05) is 4.40 Å². The highest BCUT2D eigenvalue weighted by molar-refractivity contribution is 5.95. The number of nitrogens with zero attached hydrogens (tertiary/aromatic N) is 7. The minimum atomic E-state index is 0.408. The zero-order valence-electron chi connectivity index (χ0n) is 13.4. The van der Waals surface area contributed by atoms with E-state index in [0.717, 1.165) is 35.0 Å². The second kappa shape index (κ2) is 4.41. The molecule has 0 saturated heterocycles. The Kier molecular flexibility index (Phi) is 2.30. The smallest absolute Gasteiger partial charge is 0.230 e. The van der Waals surface area contributed by atoms with Gasteiger partial charge in [-0.05, 0) is 31.9 Å². The molecule has 1 aliphatic carbocycles. The van der Waals surface area contributed by atoms with Crippen LogP contribution in [0.3, 0.4) is 0 Å². The molecule has 8 nitrogen and oxygen atoms in total. The van der Waals surface area contributed by atoms with Crippen LogP contribution < -0.4 is 0 Å². The number of fused-ring (bicyclic) bond motifs is 6. The molecule has 0 radical (unpaired) electrons. The van der Waals surface area contributed by atoms with Crippen molar-refractivity contribution in [1.82, 2.24) is 34.1 Å². The average molecular weight is 331 g/mol. The topological polar surface area (TPSA) is 86.4 Å². The molecule has 1 saturated carbocycles. The summed E-state index contributed by atoms with van der Waals surface area (Å²) in [5.41, 5.74) is 4.41. The maximum Gasteiger partial charge on any atom is 0.230 e. The predicted molar refractivity (Wildman–Crippen MR) is 89.2 cm³/mol. The summed E-state index contributed by atoms with van der Waals surface area (Å²) in [6.07, 6.45) is 5.56. The Labute approximate surface area is 141 Å². The first kappa shape index (κ1) is 13.1. The molecule has 0 bridgehead atoms. The quantitative estimate of drug-likeness (QED) is 0.494. The number of hydrogen-bond donors (Lipinski definition) is 0. The summed E-state index contributed by atoms with van der Waals surface area (Å²) >= 11 is 0. The van der Waals surface area contributed by atoms with E-state index in [1.54, 1.807) is 17.2 Å². The minimum Gasteiger partial charge on any atom is -0.339 e. The first-order chi connectivity index (χ1) is 12.3. The molecule has 122 valence electrons. The molecule has 0 spiro atoms. The van der Waals surface area contributed by atoms with Gasteiger partial charge < -0.3 is 4.52 Å². The van der Waals surface area contributed by atoms with Gasteiger partial charge in [0.2, 0.25) is 11.7 Å². The summed E-state index contributed by atoms with van der Waals surface area (Å²) in [5, 5.41) is 9.56. The number of aromatic nitrogens is 7. The van der Waals surface area contributed by atoms with E-state index in [0.29, 0.717) is 23.3 Å². The standard InChI is InChI=1S/C17H13N7O/c1-9-2-5-12-11(6-9)15-18-7-20-24(15)17-13(19-8-23(12)17)14-21-16(25-22-14)10-3-4-10/h2,5-8,10H,3-4H2,1H3. The zero-order valence-corrected chi connectivity index (χ0v) is 13.4. The number of rotatable bonds is 2. The van der Waals surface area contributed by atoms with Crippen LogP contribution in [0.1, 0.15) is 30.2 Å². The highest BCUT2D eigenvalue weighted by Gasteiger charge is 2.30. The van der Waals surface area contributed by atoms with Crippen LogP contribution >= 0.6 is 0 Å². The van der Waals surface area contributed by atoms with Crippen molar-refractivity contribution >= 4 is 22.2 Å². The summed E-state index contributed by atoms with van der Waals surface area (Å²) in [6, 6.07) is 6.26. The van der Waals surface area contributed by atoms with E-state index in [4.69, 9.17) is 4.52 Å². The van der Waals surface area contributed by atoms with Crippen molar-refractivity contribution < 1.29 is 4.52 Å². The third-order valence-electron chi connectivity index (χ3n) is 4.72. The summed E-state index contributed by atoms with van der Waals surface area (Å²) in [6.45, 7) is 2.06. The molecule has 1 aromatic carbocycles. The van der Waals surface area contributed by atoms with Crippen molar-refractivity contribution in [1.29, 1.82) is 0 Å². The van der Waals surface area contributed by atoms with Crippen LogP contribution in [-0.2, 0) is 0 Å². The lowest BCUT2D eigenvalue weighted by Crippen LogP contribution is -1.99. The number of hydrogen-bond acceptors (Lipinski definition) is 6. The van der Waals surface area contributed by atoms with Gasteiger partial charge in [0, 0.05) is 11.3 Å². The molecule has 25 heavy (non-hydrogen) atoms. The number of imidazole rings is 1. The van der Waals surface area contributed by atoms with E-state index in [9.17, 15) is 0 Å². The van der Waals surface area contributed by atoms with Gasteiger partial charge in [0.25, 0.3) is 0 Å². The minimum absolute atomic E-state index is 0.408. The molecule has 0 N–H and O–H groups in total. The second-order valence-electron chi connectivity index (χ2n) is 6.53. The Balaban J connectivity index is 1.72. The highest BCUT2D eigenvalue weighted by Crippen LogP contribution is 2.39. The third-order valence-corrected chi connectivity index (χ3v) is 4.72. The third kappa shape index (κ3) is 1.73. The van der Waals surface area contributed by atoms with Gasteiger partial charge in [0.1, 0.15) is 12.7 Å². The lowest BCUT2D eigenvalue weighted by atomic mass is 10.1. The summed E-state index contributed by atoms with van der Waals surface area (Å²) < 4.78 is 9.19. The van der Waals surface area contributed by atoms with Gasteiger partial charge in [0.15, 0.2) is 17.0 Å². The first-order valence-electron chi connectivity index (χ1n) is 8.23. The van der Waals surface area contributed by atoms with Crippen molar-refractivity contribution in [3.05, 3.63) is 42.3 Å². The normalized spacial score (nSPS) is 14.9. The monoisotopic (exact) mass is 331 g/mol. The van der Waals surface area contributed by atoms with E-state index >= 15 is 0 Å². The van der Waals surface area contributed by atoms with Gasteiger partial charge in [-0.1, -0.05) is 16.8 Å². The maximum atomic E-state index is 5.40. The van der Waals surface area contributed by atoms with Crippen molar-refractivity contribution in [2.45, 2.75) is 25.7 Å². The van der Waals surface area contributed by atoms with E-state index in [1.165, 1.54) is 5.56 Å². The van der Waals surface area contributed by atoms with Gasteiger partial charge in [0.05, 0.1) is 5.52 Å². The van der Waals surface area contributed by atoms with Crippen LogP contribution in [0, 0.1) is 6.92 Å². The van der Waals surface area contributed by atoms with E-state index < -0.39 is 0 Å². The fraction of sp³-hybridized carbons (Fsp3) is 0.235. The predicted octanol–water partition coefficient (Wildman–Crippen LogP) is 2.77. The molecule has 0 aliphatic heterocycles. The molecule has 1 fully saturated rings. The molecule has 0 unspecified atom stereocenters. The molecule has 4 aromatic heterocycles.